The second-order valence-electron chi connectivity index (χ2n) is 7.63. The summed E-state index contributed by atoms with van der Waals surface area (Å²) in [5.74, 6) is -2.15. The molecule has 2 aromatic carbocycles. The lowest BCUT2D eigenvalue weighted by atomic mass is 9.95. The van der Waals surface area contributed by atoms with Gasteiger partial charge >= 0.3 is 12.0 Å². The minimum absolute atomic E-state index is 0.133. The summed E-state index contributed by atoms with van der Waals surface area (Å²) >= 11 is 0. The molecule has 0 aliphatic carbocycles. The summed E-state index contributed by atoms with van der Waals surface area (Å²) in [6.45, 7) is 3.89. The SMILES string of the molecule is Cc1cccc(C)c1-c1ccc(N(C(=O)NCCC(=O)O)[C@H]2C(=O)C=CN(C)C2=O)cc1. The Kier molecular flexibility index (Phi) is 6.73. The third kappa shape index (κ3) is 4.69. The predicted octanol–water partition coefficient (Wildman–Crippen LogP) is 2.88. The number of rotatable bonds is 6. The normalized spacial score (nSPS) is 15.6. The van der Waals surface area contributed by atoms with Crippen molar-refractivity contribution in [3.63, 3.8) is 0 Å². The van der Waals surface area contributed by atoms with Crippen molar-refractivity contribution in [2.24, 2.45) is 0 Å². The van der Waals surface area contributed by atoms with Crippen LogP contribution in [0.5, 0.6) is 0 Å². The van der Waals surface area contributed by atoms with Gasteiger partial charge in [-0.3, -0.25) is 19.3 Å². The zero-order valence-electron chi connectivity index (χ0n) is 18.2. The summed E-state index contributed by atoms with van der Waals surface area (Å²) in [7, 11) is 1.50. The summed E-state index contributed by atoms with van der Waals surface area (Å²) in [5, 5.41) is 11.3. The lowest BCUT2D eigenvalue weighted by Crippen LogP contribution is -2.57. The third-order valence-corrected chi connectivity index (χ3v) is 5.32. The van der Waals surface area contributed by atoms with Gasteiger partial charge in [-0.05, 0) is 48.2 Å². The highest BCUT2D eigenvalue weighted by molar-refractivity contribution is 6.19. The molecule has 0 saturated carbocycles. The molecule has 3 rings (SSSR count). The summed E-state index contributed by atoms with van der Waals surface area (Å²) in [4.78, 5) is 51.4. The largest absolute Gasteiger partial charge is 0.481 e. The van der Waals surface area contributed by atoms with Gasteiger partial charge in [0, 0.05) is 31.6 Å². The number of urea groups is 1. The molecular formula is C24H25N3O5. The zero-order valence-corrected chi connectivity index (χ0v) is 18.2. The molecule has 2 N–H and O–H groups in total. The molecule has 0 unspecified atom stereocenters. The van der Waals surface area contributed by atoms with Crippen molar-refractivity contribution in [2.45, 2.75) is 26.3 Å². The van der Waals surface area contributed by atoms with Gasteiger partial charge in [-0.1, -0.05) is 30.3 Å². The van der Waals surface area contributed by atoms with Crippen LogP contribution in [-0.4, -0.2) is 53.3 Å². The Hall–Kier alpha value is -3.94. The van der Waals surface area contributed by atoms with Gasteiger partial charge in [0.05, 0.1) is 6.42 Å². The standard InChI is InChI=1S/C24H25N3O5/c1-15-5-4-6-16(2)21(15)17-7-9-18(10-8-17)27(24(32)25-13-11-20(29)30)22-19(28)12-14-26(3)23(22)31/h4-10,12,14,22H,11,13H2,1-3H3,(H,25,32)(H,29,30)/t22-/m0/s1. The van der Waals surface area contributed by atoms with E-state index in [1.54, 1.807) is 12.1 Å². The number of aryl methyl sites for hydroxylation is 2. The van der Waals surface area contributed by atoms with Crippen LogP contribution in [0.2, 0.25) is 0 Å². The van der Waals surface area contributed by atoms with Gasteiger partial charge in [0.1, 0.15) is 0 Å². The van der Waals surface area contributed by atoms with E-state index in [1.165, 1.54) is 24.2 Å². The van der Waals surface area contributed by atoms with Crippen LogP contribution in [0.1, 0.15) is 17.5 Å². The second-order valence-corrected chi connectivity index (χ2v) is 7.63. The molecule has 8 heteroatoms. The highest BCUT2D eigenvalue weighted by Gasteiger charge is 2.39. The van der Waals surface area contributed by atoms with E-state index in [1.807, 2.05) is 44.2 Å². The van der Waals surface area contributed by atoms with Crippen LogP contribution in [0.4, 0.5) is 10.5 Å². The molecule has 1 aliphatic heterocycles. The van der Waals surface area contributed by atoms with Crippen molar-refractivity contribution in [1.29, 1.82) is 0 Å². The van der Waals surface area contributed by atoms with Gasteiger partial charge < -0.3 is 15.3 Å². The van der Waals surface area contributed by atoms with Crippen LogP contribution in [0.3, 0.4) is 0 Å². The molecule has 166 valence electrons. The van der Waals surface area contributed by atoms with Crippen LogP contribution in [0.15, 0.2) is 54.7 Å². The Morgan fingerprint density at radius 1 is 1.06 bits per heavy atom. The molecule has 1 aliphatic rings. The van der Waals surface area contributed by atoms with Crippen molar-refractivity contribution in [3.05, 3.63) is 65.9 Å². The molecule has 8 nitrogen and oxygen atoms in total. The van der Waals surface area contributed by atoms with E-state index in [4.69, 9.17) is 5.11 Å². The second kappa shape index (κ2) is 9.47. The average molecular weight is 435 g/mol. The Morgan fingerprint density at radius 2 is 1.69 bits per heavy atom. The molecule has 0 radical (unpaired) electrons. The fraction of sp³-hybridized carbons (Fsp3) is 0.250. The number of likely N-dealkylation sites (N-methyl/N-ethyl adjacent to an activating group) is 1. The van der Waals surface area contributed by atoms with Gasteiger partial charge in [-0.2, -0.15) is 0 Å². The number of hydrogen-bond donors (Lipinski definition) is 2. The predicted molar refractivity (Wildman–Crippen MR) is 120 cm³/mol. The van der Waals surface area contributed by atoms with Crippen molar-refractivity contribution in [3.8, 4) is 11.1 Å². The van der Waals surface area contributed by atoms with E-state index < -0.39 is 29.7 Å². The van der Waals surface area contributed by atoms with Crippen LogP contribution < -0.4 is 10.2 Å². The number of aliphatic carboxylic acids is 1. The molecule has 2 aromatic rings. The average Bonchev–Trinajstić information content (AvgIpc) is 2.74. The number of amides is 3. The highest BCUT2D eigenvalue weighted by Crippen LogP contribution is 2.30. The van der Waals surface area contributed by atoms with Crippen molar-refractivity contribution >= 4 is 29.4 Å². The first kappa shape index (κ1) is 22.7. The summed E-state index contributed by atoms with van der Waals surface area (Å²) in [6, 6.07) is 10.9. The van der Waals surface area contributed by atoms with Gasteiger partial charge in [-0.15, -0.1) is 0 Å². The first-order valence-electron chi connectivity index (χ1n) is 10.1. The van der Waals surface area contributed by atoms with E-state index in [2.05, 4.69) is 5.32 Å². The van der Waals surface area contributed by atoms with Crippen molar-refractivity contribution < 1.29 is 24.3 Å². The molecule has 0 saturated heterocycles. The van der Waals surface area contributed by atoms with Gasteiger partial charge in [-0.25, -0.2) is 4.79 Å². The minimum Gasteiger partial charge on any atom is -0.481 e. The van der Waals surface area contributed by atoms with Gasteiger partial charge in [0.2, 0.25) is 0 Å². The monoisotopic (exact) mass is 435 g/mol. The number of ketones is 1. The molecule has 32 heavy (non-hydrogen) atoms. The van der Waals surface area contributed by atoms with E-state index >= 15 is 0 Å². The minimum atomic E-state index is -1.37. The Balaban J connectivity index is 1.98. The van der Waals surface area contributed by atoms with Crippen LogP contribution in [-0.2, 0) is 14.4 Å². The zero-order chi connectivity index (χ0) is 23.4. The van der Waals surface area contributed by atoms with Gasteiger partial charge in [0.25, 0.3) is 5.91 Å². The number of carbonyl (C=O) groups is 4. The maximum Gasteiger partial charge on any atom is 0.323 e. The number of hydrogen-bond acceptors (Lipinski definition) is 4. The first-order chi connectivity index (χ1) is 15.2. The van der Waals surface area contributed by atoms with Crippen molar-refractivity contribution in [1.82, 2.24) is 10.2 Å². The number of benzene rings is 2. The summed E-state index contributed by atoms with van der Waals surface area (Å²) < 4.78 is 0. The smallest absolute Gasteiger partial charge is 0.323 e. The van der Waals surface area contributed by atoms with Crippen LogP contribution >= 0.6 is 0 Å². The maximum atomic E-state index is 13.0. The molecule has 0 aromatic heterocycles. The molecule has 1 heterocycles. The van der Waals surface area contributed by atoms with Crippen LogP contribution in [0, 0.1) is 13.8 Å². The number of nitrogens with one attached hydrogen (secondary N) is 1. The summed E-state index contributed by atoms with van der Waals surface area (Å²) in [5.41, 5.74) is 4.57. The Bertz CT molecular complexity index is 1070. The maximum absolute atomic E-state index is 13.0. The third-order valence-electron chi connectivity index (χ3n) is 5.32. The van der Waals surface area contributed by atoms with E-state index in [0.717, 1.165) is 27.2 Å². The number of carbonyl (C=O) groups excluding carboxylic acids is 3. The van der Waals surface area contributed by atoms with Crippen LogP contribution in [0.25, 0.3) is 11.1 Å². The topological polar surface area (TPSA) is 107 Å². The van der Waals surface area contributed by atoms with Gasteiger partial charge in [0.15, 0.2) is 11.8 Å². The van der Waals surface area contributed by atoms with E-state index in [0.29, 0.717) is 5.69 Å². The Morgan fingerprint density at radius 3 is 2.28 bits per heavy atom. The summed E-state index contributed by atoms with van der Waals surface area (Å²) in [6.07, 6.45) is 2.32. The first-order valence-corrected chi connectivity index (χ1v) is 10.1. The molecule has 0 fully saturated rings. The fourth-order valence-electron chi connectivity index (χ4n) is 3.71. The number of carboxylic acids is 1. The molecule has 0 bridgehead atoms. The lowest BCUT2D eigenvalue weighted by Gasteiger charge is -2.33. The van der Waals surface area contributed by atoms with Crippen molar-refractivity contribution in [2.75, 3.05) is 18.5 Å². The van der Waals surface area contributed by atoms with E-state index in [9.17, 15) is 19.2 Å². The molecule has 1 atom stereocenters. The quantitative estimate of drug-likeness (QED) is 0.679. The Labute approximate surface area is 186 Å². The number of carboxylic acid groups (broad SMARTS) is 1. The lowest BCUT2D eigenvalue weighted by molar-refractivity contribution is -0.137. The molecule has 3 amide bonds. The fourth-order valence-corrected chi connectivity index (χ4v) is 3.71. The van der Waals surface area contributed by atoms with E-state index in [-0.39, 0.29) is 13.0 Å². The number of anilines is 1. The molecular weight excluding hydrogens is 410 g/mol. The number of nitrogens with zero attached hydrogens (tertiary/aromatic N) is 2. The molecule has 0 spiro atoms. The highest BCUT2D eigenvalue weighted by atomic mass is 16.4.